The van der Waals surface area contributed by atoms with Gasteiger partial charge >= 0.3 is 0 Å². The van der Waals surface area contributed by atoms with Gasteiger partial charge in [0.25, 0.3) is 0 Å². The molecule has 1 fully saturated rings. The van der Waals surface area contributed by atoms with E-state index in [-0.39, 0.29) is 24.4 Å². The van der Waals surface area contributed by atoms with Crippen LogP contribution in [0.15, 0.2) is 30.5 Å². The van der Waals surface area contributed by atoms with Crippen molar-refractivity contribution in [3.8, 4) is 0 Å². The molecule has 1 aliphatic carbocycles. The predicted molar refractivity (Wildman–Crippen MR) is 84.4 cm³/mol. The van der Waals surface area contributed by atoms with E-state index in [9.17, 15) is 4.79 Å². The van der Waals surface area contributed by atoms with Gasteiger partial charge < -0.3 is 5.73 Å². The molecule has 4 heteroatoms. The van der Waals surface area contributed by atoms with E-state index in [1.807, 2.05) is 24.4 Å². The van der Waals surface area contributed by atoms with Crippen LogP contribution < -0.4 is 5.73 Å². The molecule has 1 heterocycles. The van der Waals surface area contributed by atoms with Gasteiger partial charge in [-0.2, -0.15) is 0 Å². The van der Waals surface area contributed by atoms with E-state index in [2.05, 4.69) is 6.07 Å². The number of hydrogen-bond donors (Lipinski definition) is 1. The van der Waals surface area contributed by atoms with E-state index in [4.69, 9.17) is 5.73 Å². The molecule has 0 radical (unpaired) electrons. The Hall–Kier alpha value is -1.32. The summed E-state index contributed by atoms with van der Waals surface area (Å²) in [5.41, 5.74) is 8.55. The lowest BCUT2D eigenvalue weighted by molar-refractivity contribution is 0.0941. The Bertz CT molecular complexity index is 614. The lowest BCUT2D eigenvalue weighted by Gasteiger charge is -2.18. The van der Waals surface area contributed by atoms with Crippen LogP contribution in [0, 0.1) is 5.92 Å². The predicted octanol–water partition coefficient (Wildman–Crippen LogP) is 3.91. The molecule has 0 spiro atoms. The SMILES string of the molecule is CC(=O)n1cc([C@H](N)C2CCCC2)c2ccccc21.Cl. The van der Waals surface area contributed by atoms with Crippen LogP contribution in [-0.4, -0.2) is 10.5 Å². The Morgan fingerprint density at radius 3 is 2.60 bits per heavy atom. The van der Waals surface area contributed by atoms with Crippen molar-refractivity contribution in [2.75, 3.05) is 0 Å². The first-order chi connectivity index (χ1) is 9.18. The number of carbonyl (C=O) groups is 1. The van der Waals surface area contributed by atoms with Crippen molar-refractivity contribution in [1.29, 1.82) is 0 Å². The van der Waals surface area contributed by atoms with Gasteiger partial charge in [-0.05, 0) is 30.4 Å². The molecular formula is C16H21ClN2O. The number of fused-ring (bicyclic) bond motifs is 1. The Balaban J connectivity index is 0.00000147. The number of benzene rings is 1. The quantitative estimate of drug-likeness (QED) is 0.912. The largest absolute Gasteiger partial charge is 0.324 e. The van der Waals surface area contributed by atoms with Crippen LogP contribution in [0.4, 0.5) is 0 Å². The fourth-order valence-electron chi connectivity index (χ4n) is 3.30. The second kappa shape index (κ2) is 5.98. The van der Waals surface area contributed by atoms with Gasteiger partial charge in [-0.3, -0.25) is 9.36 Å². The lowest BCUT2D eigenvalue weighted by atomic mass is 9.92. The number of nitrogens with two attached hydrogens (primary N) is 1. The standard InChI is InChI=1S/C16H20N2O.ClH/c1-11(19)18-10-14(13-8-4-5-9-15(13)18)16(17)12-6-2-3-7-12;/h4-5,8-10,12,16H,2-3,6-7,17H2,1H3;1H/t16-;/m1./s1. The topological polar surface area (TPSA) is 48.0 Å². The van der Waals surface area contributed by atoms with Gasteiger partial charge in [-0.1, -0.05) is 31.0 Å². The molecule has 3 nitrogen and oxygen atoms in total. The molecule has 3 rings (SSSR count). The van der Waals surface area contributed by atoms with E-state index >= 15 is 0 Å². The fraction of sp³-hybridized carbons (Fsp3) is 0.438. The van der Waals surface area contributed by atoms with Gasteiger partial charge in [-0.15, -0.1) is 12.4 Å². The highest BCUT2D eigenvalue weighted by atomic mass is 35.5. The minimum absolute atomic E-state index is 0. The highest BCUT2D eigenvalue weighted by Crippen LogP contribution is 2.37. The van der Waals surface area contributed by atoms with Crippen molar-refractivity contribution in [3.63, 3.8) is 0 Å². The zero-order valence-electron chi connectivity index (χ0n) is 11.7. The van der Waals surface area contributed by atoms with Gasteiger partial charge in [0.2, 0.25) is 5.91 Å². The summed E-state index contributed by atoms with van der Waals surface area (Å²) in [4.78, 5) is 11.7. The highest BCUT2D eigenvalue weighted by Gasteiger charge is 2.26. The number of nitrogens with zero attached hydrogens (tertiary/aromatic N) is 1. The Morgan fingerprint density at radius 2 is 1.95 bits per heavy atom. The van der Waals surface area contributed by atoms with E-state index in [0.717, 1.165) is 16.5 Å². The van der Waals surface area contributed by atoms with Gasteiger partial charge in [0.1, 0.15) is 0 Å². The molecule has 2 aromatic rings. The Kier molecular flexibility index (Phi) is 4.51. The van der Waals surface area contributed by atoms with Crippen molar-refractivity contribution in [2.24, 2.45) is 11.7 Å². The number of rotatable bonds is 2. The third-order valence-corrected chi connectivity index (χ3v) is 4.35. The van der Waals surface area contributed by atoms with E-state index in [1.54, 1.807) is 11.5 Å². The molecule has 0 bridgehead atoms. The second-order valence-corrected chi connectivity index (χ2v) is 5.56. The average molecular weight is 293 g/mol. The maximum absolute atomic E-state index is 11.7. The molecule has 1 aliphatic rings. The number of halogens is 1. The molecular weight excluding hydrogens is 272 g/mol. The fourth-order valence-corrected chi connectivity index (χ4v) is 3.30. The molecule has 0 saturated heterocycles. The number of para-hydroxylation sites is 1. The van der Waals surface area contributed by atoms with Crippen LogP contribution in [0.3, 0.4) is 0 Å². The average Bonchev–Trinajstić information content (AvgIpc) is 3.05. The summed E-state index contributed by atoms with van der Waals surface area (Å²) in [6.45, 7) is 1.59. The van der Waals surface area contributed by atoms with Crippen molar-refractivity contribution in [1.82, 2.24) is 4.57 Å². The summed E-state index contributed by atoms with van der Waals surface area (Å²) >= 11 is 0. The van der Waals surface area contributed by atoms with Crippen LogP contribution in [0.2, 0.25) is 0 Å². The van der Waals surface area contributed by atoms with Crippen molar-refractivity contribution in [2.45, 2.75) is 38.6 Å². The van der Waals surface area contributed by atoms with E-state index < -0.39 is 0 Å². The van der Waals surface area contributed by atoms with Gasteiger partial charge in [0.05, 0.1) is 5.52 Å². The molecule has 2 N–H and O–H groups in total. The normalized spacial score (nSPS) is 17.1. The lowest BCUT2D eigenvalue weighted by Crippen LogP contribution is -2.18. The summed E-state index contributed by atoms with van der Waals surface area (Å²) in [6.07, 6.45) is 6.92. The van der Waals surface area contributed by atoms with Crippen LogP contribution in [-0.2, 0) is 0 Å². The minimum atomic E-state index is 0. The van der Waals surface area contributed by atoms with Crippen molar-refractivity contribution < 1.29 is 4.79 Å². The molecule has 1 aromatic heterocycles. The summed E-state index contributed by atoms with van der Waals surface area (Å²) < 4.78 is 1.72. The van der Waals surface area contributed by atoms with E-state index in [0.29, 0.717) is 5.92 Å². The monoisotopic (exact) mass is 292 g/mol. The van der Waals surface area contributed by atoms with Crippen molar-refractivity contribution >= 4 is 29.2 Å². The third kappa shape index (κ3) is 2.48. The molecule has 1 aromatic carbocycles. The first-order valence-electron chi connectivity index (χ1n) is 7.05. The first-order valence-corrected chi connectivity index (χ1v) is 7.05. The maximum Gasteiger partial charge on any atom is 0.227 e. The second-order valence-electron chi connectivity index (χ2n) is 5.56. The molecule has 108 valence electrons. The molecule has 1 saturated carbocycles. The first kappa shape index (κ1) is 15.1. The molecule has 0 aliphatic heterocycles. The zero-order valence-corrected chi connectivity index (χ0v) is 12.5. The molecule has 20 heavy (non-hydrogen) atoms. The van der Waals surface area contributed by atoms with Crippen LogP contribution >= 0.6 is 12.4 Å². The van der Waals surface area contributed by atoms with Crippen LogP contribution in [0.1, 0.15) is 49.0 Å². The van der Waals surface area contributed by atoms with Crippen LogP contribution in [0.5, 0.6) is 0 Å². The molecule has 0 unspecified atom stereocenters. The van der Waals surface area contributed by atoms with E-state index in [1.165, 1.54) is 25.7 Å². The van der Waals surface area contributed by atoms with Gasteiger partial charge in [-0.25, -0.2) is 0 Å². The summed E-state index contributed by atoms with van der Waals surface area (Å²) in [6, 6.07) is 8.08. The Labute approximate surface area is 125 Å². The number of aromatic nitrogens is 1. The zero-order chi connectivity index (χ0) is 13.4. The molecule has 0 amide bonds. The maximum atomic E-state index is 11.7. The van der Waals surface area contributed by atoms with Gasteiger partial charge in [0, 0.05) is 24.5 Å². The highest BCUT2D eigenvalue weighted by molar-refractivity contribution is 5.93. The van der Waals surface area contributed by atoms with Crippen LogP contribution in [0.25, 0.3) is 10.9 Å². The third-order valence-electron chi connectivity index (χ3n) is 4.35. The van der Waals surface area contributed by atoms with Crippen molar-refractivity contribution in [3.05, 3.63) is 36.0 Å². The minimum Gasteiger partial charge on any atom is -0.324 e. The number of carbonyl (C=O) groups excluding carboxylic acids is 1. The number of hydrogen-bond acceptors (Lipinski definition) is 2. The smallest absolute Gasteiger partial charge is 0.227 e. The molecule has 1 atom stereocenters. The summed E-state index contributed by atoms with van der Waals surface area (Å²) in [7, 11) is 0. The summed E-state index contributed by atoms with van der Waals surface area (Å²) in [5, 5.41) is 1.12. The Morgan fingerprint density at radius 1 is 1.30 bits per heavy atom. The summed E-state index contributed by atoms with van der Waals surface area (Å²) in [5.74, 6) is 0.604. The van der Waals surface area contributed by atoms with Gasteiger partial charge in [0.15, 0.2) is 0 Å².